The van der Waals surface area contributed by atoms with Crippen molar-refractivity contribution in [2.45, 2.75) is 51.0 Å². The maximum atomic E-state index is 11.7. The molecule has 0 spiro atoms. The lowest BCUT2D eigenvalue weighted by Crippen LogP contribution is -2.44. The summed E-state index contributed by atoms with van der Waals surface area (Å²) in [7, 11) is 4.84. The van der Waals surface area contributed by atoms with Crippen molar-refractivity contribution >= 4 is 5.97 Å². The summed E-state index contributed by atoms with van der Waals surface area (Å²) < 4.78 is 28.1. The van der Waals surface area contributed by atoms with Gasteiger partial charge < -0.3 is 23.7 Å². The number of fused-ring (bicyclic) bond motifs is 2. The first-order valence-electron chi connectivity index (χ1n) is 13.6. The third-order valence-electron chi connectivity index (χ3n) is 8.02. The van der Waals surface area contributed by atoms with Crippen molar-refractivity contribution in [3.8, 4) is 22.6 Å². The van der Waals surface area contributed by atoms with Gasteiger partial charge in [0.2, 0.25) is 0 Å². The molecule has 0 fully saturated rings. The second-order valence-corrected chi connectivity index (χ2v) is 10.9. The number of ether oxygens (including phenoxy) is 5. The molecule has 0 N–H and O–H groups in total. The summed E-state index contributed by atoms with van der Waals surface area (Å²) in [5, 5.41) is 0. The Hall–Kier alpha value is -3.35. The van der Waals surface area contributed by atoms with Gasteiger partial charge in [0.1, 0.15) is 11.5 Å². The molecule has 206 valence electrons. The van der Waals surface area contributed by atoms with E-state index < -0.39 is 5.60 Å². The van der Waals surface area contributed by atoms with Crippen molar-refractivity contribution in [3.63, 3.8) is 0 Å². The molecule has 6 heteroatoms. The highest BCUT2D eigenvalue weighted by Crippen LogP contribution is 2.43. The zero-order chi connectivity index (χ0) is 27.6. The molecule has 5 rings (SSSR count). The minimum atomic E-state index is -0.484. The summed E-state index contributed by atoms with van der Waals surface area (Å²) >= 11 is 0. The van der Waals surface area contributed by atoms with Gasteiger partial charge in [0, 0.05) is 37.7 Å². The van der Waals surface area contributed by atoms with Crippen LogP contribution in [0.1, 0.15) is 45.7 Å². The Morgan fingerprint density at radius 2 is 1.69 bits per heavy atom. The maximum Gasteiger partial charge on any atom is 0.306 e. The van der Waals surface area contributed by atoms with Gasteiger partial charge in [-0.1, -0.05) is 36.4 Å². The molecule has 2 heterocycles. The fourth-order valence-electron chi connectivity index (χ4n) is 6.16. The molecule has 0 bridgehead atoms. The SMILES string of the molecule is COCC1(COC)Cc2c(cc(C)c(-c3cccc(CCc4ccc5c(c4)OC[C@H]5CC(=O)OC)c3)c2C)O1. The van der Waals surface area contributed by atoms with E-state index in [2.05, 4.69) is 62.4 Å². The topological polar surface area (TPSA) is 63.2 Å². The van der Waals surface area contributed by atoms with Gasteiger partial charge in [-0.15, -0.1) is 0 Å². The van der Waals surface area contributed by atoms with E-state index in [-0.39, 0.29) is 11.9 Å². The summed E-state index contributed by atoms with van der Waals surface area (Å²) in [6.45, 7) is 5.85. The van der Waals surface area contributed by atoms with Crippen LogP contribution in [0.15, 0.2) is 48.5 Å². The van der Waals surface area contributed by atoms with Crippen molar-refractivity contribution in [3.05, 3.63) is 81.9 Å². The van der Waals surface area contributed by atoms with Crippen LogP contribution >= 0.6 is 0 Å². The van der Waals surface area contributed by atoms with Gasteiger partial charge in [-0.05, 0) is 72.2 Å². The predicted octanol–water partition coefficient (Wildman–Crippen LogP) is 5.76. The van der Waals surface area contributed by atoms with E-state index in [1.165, 1.54) is 46.1 Å². The summed E-state index contributed by atoms with van der Waals surface area (Å²) in [6.07, 6.45) is 2.95. The Labute approximate surface area is 231 Å². The quantitative estimate of drug-likeness (QED) is 0.311. The summed E-state index contributed by atoms with van der Waals surface area (Å²) in [6, 6.07) is 17.4. The number of hydrogen-bond acceptors (Lipinski definition) is 6. The number of rotatable bonds is 10. The van der Waals surface area contributed by atoms with Crippen molar-refractivity contribution < 1.29 is 28.5 Å². The minimum absolute atomic E-state index is 0.0662. The molecule has 0 aliphatic carbocycles. The third-order valence-corrected chi connectivity index (χ3v) is 8.02. The van der Waals surface area contributed by atoms with Crippen LogP contribution in [0.3, 0.4) is 0 Å². The lowest BCUT2D eigenvalue weighted by molar-refractivity contribution is -0.141. The fourth-order valence-corrected chi connectivity index (χ4v) is 6.16. The lowest BCUT2D eigenvalue weighted by atomic mass is 9.87. The van der Waals surface area contributed by atoms with E-state index in [0.29, 0.717) is 26.2 Å². The van der Waals surface area contributed by atoms with E-state index in [1.54, 1.807) is 14.2 Å². The van der Waals surface area contributed by atoms with Gasteiger partial charge in [-0.25, -0.2) is 0 Å². The zero-order valence-corrected chi connectivity index (χ0v) is 23.6. The molecule has 0 radical (unpaired) electrons. The Morgan fingerprint density at radius 3 is 2.41 bits per heavy atom. The summed E-state index contributed by atoms with van der Waals surface area (Å²) in [4.78, 5) is 11.7. The van der Waals surface area contributed by atoms with Gasteiger partial charge in [0.05, 0.1) is 33.4 Å². The molecule has 2 aliphatic heterocycles. The van der Waals surface area contributed by atoms with E-state index in [0.717, 1.165) is 36.3 Å². The summed E-state index contributed by atoms with van der Waals surface area (Å²) in [5.41, 5.74) is 9.32. The average Bonchev–Trinajstić information content (AvgIpc) is 3.49. The molecule has 2 aliphatic rings. The Morgan fingerprint density at radius 1 is 0.949 bits per heavy atom. The largest absolute Gasteiger partial charge is 0.493 e. The van der Waals surface area contributed by atoms with Crippen LogP contribution in [0.5, 0.6) is 11.5 Å². The smallest absolute Gasteiger partial charge is 0.306 e. The first kappa shape index (κ1) is 27.2. The van der Waals surface area contributed by atoms with Gasteiger partial charge >= 0.3 is 5.97 Å². The highest BCUT2D eigenvalue weighted by atomic mass is 16.6. The zero-order valence-electron chi connectivity index (χ0n) is 23.6. The van der Waals surface area contributed by atoms with Crippen LogP contribution < -0.4 is 9.47 Å². The number of esters is 1. The summed E-state index contributed by atoms with van der Waals surface area (Å²) in [5.74, 6) is 1.69. The number of hydrogen-bond donors (Lipinski definition) is 0. The standard InChI is InChI=1S/C33H38O6/c1-21-13-30-28(17-33(39-30,19-35-3)20-36-4)22(2)32(21)25-8-6-7-23(14-25)9-10-24-11-12-27-26(16-31(34)37-5)18-38-29(27)15-24/h6-8,11-15,26H,9-10,16-20H2,1-5H3/t26-/m1/s1. The monoisotopic (exact) mass is 530 g/mol. The average molecular weight is 531 g/mol. The van der Waals surface area contributed by atoms with Crippen LogP contribution in [-0.2, 0) is 38.3 Å². The van der Waals surface area contributed by atoms with Gasteiger partial charge in [-0.2, -0.15) is 0 Å². The van der Waals surface area contributed by atoms with Crippen molar-refractivity contribution in [2.24, 2.45) is 0 Å². The van der Waals surface area contributed by atoms with Gasteiger partial charge in [-0.3, -0.25) is 4.79 Å². The highest BCUT2D eigenvalue weighted by Gasteiger charge is 2.41. The number of benzene rings is 3. The van der Waals surface area contributed by atoms with E-state index in [9.17, 15) is 4.79 Å². The Bertz CT molecular complexity index is 1350. The van der Waals surface area contributed by atoms with Crippen molar-refractivity contribution in [1.82, 2.24) is 0 Å². The van der Waals surface area contributed by atoms with Crippen molar-refractivity contribution in [2.75, 3.05) is 41.2 Å². The van der Waals surface area contributed by atoms with Crippen LogP contribution in [0.25, 0.3) is 11.1 Å². The second-order valence-electron chi connectivity index (χ2n) is 10.9. The molecule has 0 aromatic heterocycles. The fraction of sp³-hybridized carbons (Fsp3) is 0.424. The van der Waals surface area contributed by atoms with E-state index in [1.807, 2.05) is 0 Å². The molecule has 3 aromatic rings. The second kappa shape index (κ2) is 11.4. The van der Waals surface area contributed by atoms with Crippen LogP contribution in [0.2, 0.25) is 0 Å². The first-order valence-corrected chi connectivity index (χ1v) is 13.6. The molecular weight excluding hydrogens is 492 g/mol. The molecular formula is C33H38O6. The van der Waals surface area contributed by atoms with E-state index in [4.69, 9.17) is 23.7 Å². The normalized spacial score (nSPS) is 16.8. The molecule has 0 saturated carbocycles. The van der Waals surface area contributed by atoms with Crippen LogP contribution in [0.4, 0.5) is 0 Å². The number of methoxy groups -OCH3 is 3. The molecule has 0 saturated heterocycles. The van der Waals surface area contributed by atoms with Gasteiger partial charge in [0.25, 0.3) is 0 Å². The van der Waals surface area contributed by atoms with Crippen LogP contribution in [0, 0.1) is 13.8 Å². The maximum absolute atomic E-state index is 11.7. The third kappa shape index (κ3) is 5.54. The van der Waals surface area contributed by atoms with E-state index >= 15 is 0 Å². The van der Waals surface area contributed by atoms with Crippen molar-refractivity contribution in [1.29, 1.82) is 0 Å². The minimum Gasteiger partial charge on any atom is -0.493 e. The molecule has 1 atom stereocenters. The molecule has 0 unspecified atom stereocenters. The molecule has 3 aromatic carbocycles. The first-order chi connectivity index (χ1) is 18.9. The number of aryl methyl sites for hydroxylation is 3. The molecule has 6 nitrogen and oxygen atoms in total. The molecule has 39 heavy (non-hydrogen) atoms. The van der Waals surface area contributed by atoms with Gasteiger partial charge in [0.15, 0.2) is 5.60 Å². The Kier molecular flexibility index (Phi) is 7.96. The number of carbonyl (C=O) groups excluding carboxylic acids is 1. The molecule has 0 amide bonds. The lowest BCUT2D eigenvalue weighted by Gasteiger charge is -2.27. The Balaban J connectivity index is 1.33. The number of carbonyl (C=O) groups is 1. The highest BCUT2D eigenvalue weighted by molar-refractivity contribution is 5.75. The van der Waals surface area contributed by atoms with Crippen LogP contribution in [-0.4, -0.2) is 52.7 Å². The predicted molar refractivity (Wildman–Crippen MR) is 151 cm³/mol.